The van der Waals surface area contributed by atoms with Gasteiger partial charge in [0.05, 0.1) is 6.61 Å². The zero-order valence-electron chi connectivity index (χ0n) is 10.4. The molecule has 0 amide bonds. The second-order valence-electron chi connectivity index (χ2n) is 3.08. The minimum atomic E-state index is -0.834. The standard InChI is InChI=1S/C12H11O4.CH3.U/c1-2-16-11-5-3-9(4-6-11)12(15)7-10(14)8-13;;/h3-6H,2,7H2,1H3;1H3;/q2*-1;+2. The SMILES string of the molecule is CCOc1ccc(C(=O)CC(=O)[C-]=O)cc1.[CH3-].[U+2]. The van der Waals surface area contributed by atoms with Crippen LogP contribution in [0.1, 0.15) is 23.7 Å². The van der Waals surface area contributed by atoms with Crippen LogP contribution in [0.2, 0.25) is 0 Å². The van der Waals surface area contributed by atoms with Crippen LogP contribution in [-0.4, -0.2) is 24.5 Å². The summed E-state index contributed by atoms with van der Waals surface area (Å²) in [5, 5.41) is 0. The minimum Gasteiger partial charge on any atom is -0.534 e. The largest absolute Gasteiger partial charge is 2.00 e. The second kappa shape index (κ2) is 10.0. The van der Waals surface area contributed by atoms with E-state index in [1.165, 1.54) is 0 Å². The number of benzene rings is 1. The normalized spacial score (nSPS) is 8.50. The van der Waals surface area contributed by atoms with Crippen molar-refractivity contribution in [1.29, 1.82) is 0 Å². The Labute approximate surface area is 130 Å². The van der Waals surface area contributed by atoms with E-state index in [4.69, 9.17) is 4.74 Å². The average molecular weight is 472 g/mol. The molecule has 94 valence electrons. The molecular weight excluding hydrogens is 458 g/mol. The molecule has 0 unspecified atom stereocenters. The first kappa shape index (κ1) is 19.4. The molecule has 0 aromatic heterocycles. The van der Waals surface area contributed by atoms with E-state index < -0.39 is 18.0 Å². The summed E-state index contributed by atoms with van der Waals surface area (Å²) in [6, 6.07) is 6.41. The first-order valence-corrected chi connectivity index (χ1v) is 4.84. The maximum atomic E-state index is 11.4. The molecular formula is C13H14O4U. The molecule has 0 aliphatic rings. The number of hydrogen-bond donors (Lipinski definition) is 0. The monoisotopic (exact) mass is 472 g/mol. The predicted molar refractivity (Wildman–Crippen MR) is 63.7 cm³/mol. The molecule has 0 spiro atoms. The molecule has 5 heteroatoms. The average Bonchev–Trinajstić information content (AvgIpc) is 2.30. The molecule has 0 fully saturated rings. The smallest absolute Gasteiger partial charge is 0.534 e. The summed E-state index contributed by atoms with van der Waals surface area (Å²) in [7, 11) is 0. The van der Waals surface area contributed by atoms with E-state index >= 15 is 0 Å². The van der Waals surface area contributed by atoms with Crippen LogP contribution < -0.4 is 4.74 Å². The molecule has 0 aliphatic heterocycles. The Morgan fingerprint density at radius 1 is 1.22 bits per heavy atom. The third kappa shape index (κ3) is 6.13. The minimum absolute atomic E-state index is 0. The molecule has 0 radical (unpaired) electrons. The maximum Gasteiger partial charge on any atom is 2.00 e. The van der Waals surface area contributed by atoms with Crippen LogP contribution in [0.25, 0.3) is 0 Å². The number of rotatable bonds is 6. The molecule has 1 aromatic carbocycles. The molecule has 18 heavy (non-hydrogen) atoms. The van der Waals surface area contributed by atoms with Crippen molar-refractivity contribution in [2.75, 3.05) is 6.61 Å². The van der Waals surface area contributed by atoms with E-state index in [1.54, 1.807) is 24.3 Å². The Morgan fingerprint density at radius 2 is 1.78 bits per heavy atom. The molecule has 0 saturated carbocycles. The van der Waals surface area contributed by atoms with E-state index in [1.807, 2.05) is 6.92 Å². The van der Waals surface area contributed by atoms with Gasteiger partial charge >= 0.3 is 31.1 Å². The quantitative estimate of drug-likeness (QED) is 0.274. The Morgan fingerprint density at radius 3 is 2.22 bits per heavy atom. The zero-order chi connectivity index (χ0) is 12.0. The number of Topliss-reactive ketones (excluding diaryl/α,β-unsaturated/α-hetero) is 2. The van der Waals surface area contributed by atoms with Gasteiger partial charge < -0.3 is 21.8 Å². The molecule has 1 rings (SSSR count). The number of carbonyl (C=O) groups excluding carboxylic acids is 3. The second-order valence-corrected chi connectivity index (χ2v) is 3.08. The summed E-state index contributed by atoms with van der Waals surface area (Å²) in [6.45, 7) is 2.41. The summed E-state index contributed by atoms with van der Waals surface area (Å²) in [5.41, 5.74) is 0.382. The fourth-order valence-electron chi connectivity index (χ4n) is 1.19. The van der Waals surface area contributed by atoms with Gasteiger partial charge in [-0.1, -0.05) is 0 Å². The molecule has 0 bridgehead atoms. The van der Waals surface area contributed by atoms with Crippen molar-refractivity contribution in [2.24, 2.45) is 0 Å². The van der Waals surface area contributed by atoms with Crippen molar-refractivity contribution < 1.29 is 50.2 Å². The van der Waals surface area contributed by atoms with Crippen LogP contribution in [0.5, 0.6) is 5.75 Å². The van der Waals surface area contributed by atoms with Crippen LogP contribution in [0.3, 0.4) is 0 Å². The van der Waals surface area contributed by atoms with Crippen molar-refractivity contribution in [3.63, 3.8) is 0 Å². The summed E-state index contributed by atoms with van der Waals surface area (Å²) >= 11 is 0. The molecule has 0 heterocycles. The number of ether oxygens (including phenoxy) is 1. The van der Waals surface area contributed by atoms with Crippen molar-refractivity contribution >= 4 is 17.9 Å². The van der Waals surface area contributed by atoms with Gasteiger partial charge in [-0.05, 0) is 31.2 Å². The van der Waals surface area contributed by atoms with Crippen LogP contribution in [0, 0.1) is 38.5 Å². The van der Waals surface area contributed by atoms with Crippen molar-refractivity contribution in [3.05, 3.63) is 37.3 Å². The van der Waals surface area contributed by atoms with Gasteiger partial charge in [0, 0.05) is 17.8 Å². The molecule has 0 saturated heterocycles. The Hall–Kier alpha value is -0.918. The van der Waals surface area contributed by atoms with Crippen LogP contribution in [0.15, 0.2) is 24.3 Å². The van der Waals surface area contributed by atoms with E-state index in [2.05, 4.69) is 0 Å². The summed E-state index contributed by atoms with van der Waals surface area (Å²) in [6.07, 6.45) is 0.730. The summed E-state index contributed by atoms with van der Waals surface area (Å²) in [5.74, 6) is -0.567. The number of carbonyl (C=O) groups is 2. The molecule has 0 N–H and O–H groups in total. The van der Waals surface area contributed by atoms with Gasteiger partial charge in [-0.3, -0.25) is 4.79 Å². The van der Waals surface area contributed by atoms with Crippen LogP contribution in [-0.2, 0) is 9.59 Å². The third-order valence-corrected chi connectivity index (χ3v) is 1.92. The summed E-state index contributed by atoms with van der Waals surface area (Å²) < 4.78 is 5.20. The van der Waals surface area contributed by atoms with Crippen molar-refractivity contribution in [1.82, 2.24) is 0 Å². The van der Waals surface area contributed by atoms with Crippen molar-refractivity contribution in [3.8, 4) is 5.75 Å². The number of hydrogen-bond acceptors (Lipinski definition) is 4. The van der Waals surface area contributed by atoms with Gasteiger partial charge in [-0.25, -0.2) is 0 Å². The number of ketones is 2. The molecule has 4 nitrogen and oxygen atoms in total. The zero-order valence-corrected chi connectivity index (χ0v) is 14.5. The summed E-state index contributed by atoms with van der Waals surface area (Å²) in [4.78, 5) is 32.1. The van der Waals surface area contributed by atoms with E-state index in [-0.39, 0.29) is 38.5 Å². The van der Waals surface area contributed by atoms with Crippen molar-refractivity contribution in [2.45, 2.75) is 13.3 Å². The molecule has 1 aromatic rings. The Bertz CT molecular complexity index is 398. The Balaban J connectivity index is 0. The fourth-order valence-corrected chi connectivity index (χ4v) is 1.19. The van der Waals surface area contributed by atoms with Crippen LogP contribution in [0.4, 0.5) is 0 Å². The topological polar surface area (TPSA) is 60.4 Å². The Kier molecular flexibility index (Phi) is 10.8. The van der Waals surface area contributed by atoms with E-state index in [0.29, 0.717) is 17.9 Å². The maximum absolute atomic E-state index is 11.4. The van der Waals surface area contributed by atoms with Gasteiger partial charge in [0.15, 0.2) is 5.78 Å². The van der Waals surface area contributed by atoms with Crippen LogP contribution >= 0.6 is 0 Å². The first-order valence-electron chi connectivity index (χ1n) is 4.84. The van der Waals surface area contributed by atoms with E-state index in [9.17, 15) is 14.4 Å². The first-order chi connectivity index (χ1) is 7.67. The van der Waals surface area contributed by atoms with E-state index in [0.717, 1.165) is 6.29 Å². The van der Waals surface area contributed by atoms with Gasteiger partial charge in [-0.15, -0.1) is 0 Å². The third-order valence-electron chi connectivity index (χ3n) is 1.92. The van der Waals surface area contributed by atoms with Gasteiger partial charge in [-0.2, -0.15) is 6.29 Å². The van der Waals surface area contributed by atoms with Gasteiger partial charge in [0.1, 0.15) is 5.75 Å². The molecule has 0 atom stereocenters. The van der Waals surface area contributed by atoms with Gasteiger partial charge in [0.2, 0.25) is 0 Å². The predicted octanol–water partition coefficient (Wildman–Crippen LogP) is 1.79. The molecule has 0 aliphatic carbocycles. The fraction of sp³-hybridized carbons (Fsp3) is 0.231. The van der Waals surface area contributed by atoms with Gasteiger partial charge in [0.25, 0.3) is 0 Å².